The molecule has 0 aromatic carbocycles. The summed E-state index contributed by atoms with van der Waals surface area (Å²) in [5.74, 6) is 7.89. The van der Waals surface area contributed by atoms with Crippen molar-refractivity contribution in [3.8, 4) is 0 Å². The molecule has 1 saturated carbocycles. The molecular weight excluding hydrogens is 250 g/mol. The molecule has 20 heavy (non-hydrogen) atoms. The van der Waals surface area contributed by atoms with Gasteiger partial charge in [0.05, 0.1) is 0 Å². The maximum atomic E-state index is 5.48. The molecule has 2 rings (SSSR count). The Labute approximate surface area is 121 Å². The summed E-state index contributed by atoms with van der Waals surface area (Å²) in [6, 6.07) is 1.88. The van der Waals surface area contributed by atoms with Crippen LogP contribution in [0.2, 0.25) is 0 Å². The second-order valence-electron chi connectivity index (χ2n) is 6.17. The van der Waals surface area contributed by atoms with Gasteiger partial charge in [-0.05, 0) is 24.7 Å². The molecule has 0 saturated heterocycles. The SMILES string of the molecule is CCCc1nc(NN)cc(NCC2(C)CCCCC2)n1. The Morgan fingerprint density at radius 2 is 1.90 bits per heavy atom. The third-order valence-corrected chi connectivity index (χ3v) is 4.15. The first-order chi connectivity index (χ1) is 9.65. The van der Waals surface area contributed by atoms with Gasteiger partial charge in [-0.2, -0.15) is 0 Å². The molecule has 5 nitrogen and oxygen atoms in total. The van der Waals surface area contributed by atoms with E-state index in [-0.39, 0.29) is 0 Å². The average Bonchev–Trinajstić information content (AvgIpc) is 2.46. The summed E-state index contributed by atoms with van der Waals surface area (Å²) in [7, 11) is 0. The van der Waals surface area contributed by atoms with E-state index in [1.54, 1.807) is 0 Å². The van der Waals surface area contributed by atoms with E-state index >= 15 is 0 Å². The number of hydrogen-bond acceptors (Lipinski definition) is 5. The first kappa shape index (κ1) is 15.0. The molecule has 0 bridgehead atoms. The van der Waals surface area contributed by atoms with Crippen molar-refractivity contribution in [2.24, 2.45) is 11.3 Å². The van der Waals surface area contributed by atoms with E-state index < -0.39 is 0 Å². The number of nitrogens with two attached hydrogens (primary N) is 1. The summed E-state index contributed by atoms with van der Waals surface area (Å²) in [4.78, 5) is 8.94. The van der Waals surface area contributed by atoms with Crippen LogP contribution in [0.25, 0.3) is 0 Å². The molecule has 1 aromatic heterocycles. The predicted molar refractivity (Wildman–Crippen MR) is 83.5 cm³/mol. The molecular formula is C15H27N5. The van der Waals surface area contributed by atoms with Gasteiger partial charge in [-0.1, -0.05) is 33.1 Å². The van der Waals surface area contributed by atoms with Crippen LogP contribution in [0.1, 0.15) is 58.2 Å². The minimum absolute atomic E-state index is 0.393. The summed E-state index contributed by atoms with van der Waals surface area (Å²) in [5, 5.41) is 3.48. The van der Waals surface area contributed by atoms with E-state index in [2.05, 4.69) is 34.6 Å². The van der Waals surface area contributed by atoms with Crippen molar-refractivity contribution in [3.05, 3.63) is 11.9 Å². The van der Waals surface area contributed by atoms with Crippen LogP contribution < -0.4 is 16.6 Å². The number of hydrazine groups is 1. The third kappa shape index (κ3) is 4.07. The lowest BCUT2D eigenvalue weighted by Gasteiger charge is -2.33. The normalized spacial score (nSPS) is 17.8. The number of nitrogens with one attached hydrogen (secondary N) is 2. The molecule has 0 radical (unpaired) electrons. The number of aryl methyl sites for hydroxylation is 1. The largest absolute Gasteiger partial charge is 0.369 e. The van der Waals surface area contributed by atoms with E-state index in [0.717, 1.165) is 31.0 Å². The Hall–Kier alpha value is -1.36. The van der Waals surface area contributed by atoms with Crippen LogP contribution in [0.5, 0.6) is 0 Å². The fraction of sp³-hybridized carbons (Fsp3) is 0.733. The third-order valence-electron chi connectivity index (χ3n) is 4.15. The molecule has 1 aliphatic rings. The van der Waals surface area contributed by atoms with Crippen molar-refractivity contribution < 1.29 is 0 Å². The van der Waals surface area contributed by atoms with Crippen molar-refractivity contribution in [2.45, 2.75) is 58.8 Å². The monoisotopic (exact) mass is 277 g/mol. The van der Waals surface area contributed by atoms with E-state index in [1.807, 2.05) is 6.07 Å². The standard InChI is InChI=1S/C15H27N5/c1-3-7-12-18-13(10-14(19-12)20-16)17-11-15(2)8-5-4-6-9-15/h10H,3-9,11,16H2,1-2H3,(H2,17,18,19,20). The lowest BCUT2D eigenvalue weighted by atomic mass is 9.76. The van der Waals surface area contributed by atoms with Crippen molar-refractivity contribution in [2.75, 3.05) is 17.3 Å². The van der Waals surface area contributed by atoms with Crippen LogP contribution >= 0.6 is 0 Å². The topological polar surface area (TPSA) is 75.9 Å². The quantitative estimate of drug-likeness (QED) is 0.550. The Bertz CT molecular complexity index is 426. The molecule has 0 spiro atoms. The van der Waals surface area contributed by atoms with Crippen molar-refractivity contribution in [1.29, 1.82) is 0 Å². The summed E-state index contributed by atoms with van der Waals surface area (Å²) in [6.45, 7) is 5.47. The molecule has 0 amide bonds. The molecule has 0 atom stereocenters. The molecule has 112 valence electrons. The zero-order valence-electron chi connectivity index (χ0n) is 12.7. The zero-order chi connectivity index (χ0) is 14.4. The lowest BCUT2D eigenvalue weighted by Crippen LogP contribution is -2.29. The highest BCUT2D eigenvalue weighted by atomic mass is 15.3. The van der Waals surface area contributed by atoms with Gasteiger partial charge in [0.2, 0.25) is 0 Å². The van der Waals surface area contributed by atoms with E-state index in [4.69, 9.17) is 5.84 Å². The number of anilines is 2. The zero-order valence-corrected chi connectivity index (χ0v) is 12.7. The Balaban J connectivity index is 2.02. The van der Waals surface area contributed by atoms with Crippen molar-refractivity contribution in [3.63, 3.8) is 0 Å². The summed E-state index contributed by atoms with van der Waals surface area (Å²) < 4.78 is 0. The van der Waals surface area contributed by atoms with Crippen molar-refractivity contribution >= 4 is 11.6 Å². The van der Waals surface area contributed by atoms with Crippen LogP contribution in [0, 0.1) is 5.41 Å². The molecule has 1 heterocycles. The maximum absolute atomic E-state index is 5.48. The Morgan fingerprint density at radius 1 is 1.20 bits per heavy atom. The average molecular weight is 277 g/mol. The molecule has 1 aromatic rings. The van der Waals surface area contributed by atoms with Gasteiger partial charge in [-0.25, -0.2) is 15.8 Å². The number of rotatable bonds is 6. The summed E-state index contributed by atoms with van der Waals surface area (Å²) in [5.41, 5.74) is 3.02. The fourth-order valence-electron chi connectivity index (χ4n) is 2.88. The number of aromatic nitrogens is 2. The first-order valence-electron chi connectivity index (χ1n) is 7.74. The van der Waals surface area contributed by atoms with Crippen LogP contribution in [0.15, 0.2) is 6.07 Å². The highest BCUT2D eigenvalue weighted by Gasteiger charge is 2.26. The second-order valence-corrected chi connectivity index (χ2v) is 6.17. The highest BCUT2D eigenvalue weighted by molar-refractivity contribution is 5.47. The van der Waals surface area contributed by atoms with Gasteiger partial charge < -0.3 is 10.7 Å². The van der Waals surface area contributed by atoms with Gasteiger partial charge in [-0.3, -0.25) is 0 Å². The molecule has 1 fully saturated rings. The maximum Gasteiger partial charge on any atom is 0.145 e. The Morgan fingerprint density at radius 3 is 2.55 bits per heavy atom. The van der Waals surface area contributed by atoms with Crippen LogP contribution in [0.4, 0.5) is 11.6 Å². The lowest BCUT2D eigenvalue weighted by molar-refractivity contribution is 0.233. The van der Waals surface area contributed by atoms with Gasteiger partial charge in [0, 0.05) is 19.0 Å². The van der Waals surface area contributed by atoms with Crippen LogP contribution in [-0.2, 0) is 6.42 Å². The number of nitrogens with zero attached hydrogens (tertiary/aromatic N) is 2. The molecule has 4 N–H and O–H groups in total. The summed E-state index contributed by atoms with van der Waals surface area (Å²) >= 11 is 0. The fourth-order valence-corrected chi connectivity index (χ4v) is 2.88. The first-order valence-corrected chi connectivity index (χ1v) is 7.74. The number of hydrogen-bond donors (Lipinski definition) is 3. The molecule has 0 unspecified atom stereocenters. The van der Waals surface area contributed by atoms with Crippen LogP contribution in [0.3, 0.4) is 0 Å². The molecule has 0 aliphatic heterocycles. The molecule has 5 heteroatoms. The second kappa shape index (κ2) is 6.88. The van der Waals surface area contributed by atoms with Gasteiger partial charge in [-0.15, -0.1) is 0 Å². The number of nitrogen functional groups attached to an aromatic ring is 1. The van der Waals surface area contributed by atoms with Gasteiger partial charge >= 0.3 is 0 Å². The van der Waals surface area contributed by atoms with E-state index in [9.17, 15) is 0 Å². The minimum Gasteiger partial charge on any atom is -0.369 e. The van der Waals surface area contributed by atoms with Gasteiger partial charge in [0.15, 0.2) is 0 Å². The molecule has 1 aliphatic carbocycles. The minimum atomic E-state index is 0.393. The highest BCUT2D eigenvalue weighted by Crippen LogP contribution is 2.35. The van der Waals surface area contributed by atoms with E-state index in [0.29, 0.717) is 11.2 Å². The van der Waals surface area contributed by atoms with E-state index in [1.165, 1.54) is 32.1 Å². The summed E-state index contributed by atoms with van der Waals surface area (Å²) in [6.07, 6.45) is 8.58. The van der Waals surface area contributed by atoms with Gasteiger partial charge in [0.25, 0.3) is 0 Å². The van der Waals surface area contributed by atoms with Gasteiger partial charge in [0.1, 0.15) is 17.5 Å². The predicted octanol–water partition coefficient (Wildman–Crippen LogP) is 3.10. The Kier molecular flexibility index (Phi) is 5.17. The van der Waals surface area contributed by atoms with Crippen LogP contribution in [-0.4, -0.2) is 16.5 Å². The smallest absolute Gasteiger partial charge is 0.145 e. The van der Waals surface area contributed by atoms with Crippen molar-refractivity contribution in [1.82, 2.24) is 9.97 Å².